The number of ether oxygens (including phenoxy) is 3. The molecule has 0 N–H and O–H groups in total. The quantitative estimate of drug-likeness (QED) is 0.342. The summed E-state index contributed by atoms with van der Waals surface area (Å²) in [7, 11) is 1.92. The molecule has 2 aromatic heterocycles. The average Bonchev–Trinajstić information content (AvgIpc) is 3.51. The molecule has 0 atom stereocenters. The van der Waals surface area contributed by atoms with E-state index in [1.54, 1.807) is 29.2 Å². The van der Waals surface area contributed by atoms with Crippen molar-refractivity contribution in [1.29, 1.82) is 0 Å². The molecule has 5 rings (SSSR count). The number of rotatable bonds is 7. The minimum absolute atomic E-state index is 0.266. The smallest absolute Gasteiger partial charge is 0.231 e. The SMILES string of the molecule is Cn1c(COc2ccccc2Cl)nnc1SCc1csc(-c2ccc3c(c2)OCO3)n1. The number of thiazole rings is 1. The third-order valence-electron chi connectivity index (χ3n) is 4.64. The van der Waals surface area contributed by atoms with Gasteiger partial charge in [-0.2, -0.15) is 0 Å². The lowest BCUT2D eigenvalue weighted by molar-refractivity contribution is 0.174. The van der Waals surface area contributed by atoms with Crippen LogP contribution in [0.15, 0.2) is 53.0 Å². The number of para-hydroxylation sites is 1. The first-order chi connectivity index (χ1) is 15.2. The summed E-state index contributed by atoms with van der Waals surface area (Å²) in [5, 5.41) is 12.9. The molecule has 1 aliphatic rings. The highest BCUT2D eigenvalue weighted by Crippen LogP contribution is 2.37. The van der Waals surface area contributed by atoms with Gasteiger partial charge in [0.2, 0.25) is 6.79 Å². The van der Waals surface area contributed by atoms with Gasteiger partial charge in [-0.25, -0.2) is 4.98 Å². The van der Waals surface area contributed by atoms with Gasteiger partial charge in [0.1, 0.15) is 17.4 Å². The van der Waals surface area contributed by atoms with Crippen LogP contribution in [0.1, 0.15) is 11.5 Å². The molecule has 4 aromatic rings. The topological polar surface area (TPSA) is 71.3 Å². The van der Waals surface area contributed by atoms with Crippen molar-refractivity contribution in [1.82, 2.24) is 19.7 Å². The zero-order valence-electron chi connectivity index (χ0n) is 16.4. The number of aromatic nitrogens is 4. The number of fused-ring (bicyclic) bond motifs is 1. The van der Waals surface area contributed by atoms with Crippen LogP contribution >= 0.6 is 34.7 Å². The molecule has 0 saturated carbocycles. The standard InChI is InChI=1S/C21H17ClN4O3S2/c1-26-19(9-27-16-5-3-2-4-15(16)22)24-25-21(26)31-11-14-10-30-20(23-14)13-6-7-17-18(8-13)29-12-28-17/h2-8,10H,9,11-12H2,1H3. The third kappa shape index (κ3) is 4.34. The Morgan fingerprint density at radius 3 is 2.94 bits per heavy atom. The molecular formula is C21H17ClN4O3S2. The normalized spacial score (nSPS) is 12.3. The van der Waals surface area contributed by atoms with Crippen LogP contribution in [0.2, 0.25) is 5.02 Å². The van der Waals surface area contributed by atoms with Crippen molar-refractivity contribution in [3.05, 3.63) is 64.4 Å². The van der Waals surface area contributed by atoms with Crippen molar-refractivity contribution in [2.45, 2.75) is 17.5 Å². The molecule has 158 valence electrons. The van der Waals surface area contributed by atoms with E-state index in [1.807, 2.05) is 48.0 Å². The molecule has 31 heavy (non-hydrogen) atoms. The zero-order chi connectivity index (χ0) is 21.2. The Hall–Kier alpha value is -2.75. The van der Waals surface area contributed by atoms with E-state index < -0.39 is 0 Å². The lowest BCUT2D eigenvalue weighted by Crippen LogP contribution is -2.04. The summed E-state index contributed by atoms with van der Waals surface area (Å²) in [6.45, 7) is 0.556. The van der Waals surface area contributed by atoms with Crippen molar-refractivity contribution in [3.8, 4) is 27.8 Å². The largest absolute Gasteiger partial charge is 0.484 e. The van der Waals surface area contributed by atoms with Gasteiger partial charge in [-0.05, 0) is 30.3 Å². The number of thioether (sulfide) groups is 1. The Balaban J connectivity index is 1.21. The maximum absolute atomic E-state index is 6.14. The molecule has 0 aliphatic carbocycles. The second-order valence-electron chi connectivity index (χ2n) is 6.68. The summed E-state index contributed by atoms with van der Waals surface area (Å²) in [5.74, 6) is 3.57. The zero-order valence-corrected chi connectivity index (χ0v) is 18.8. The molecule has 0 unspecified atom stereocenters. The first-order valence-electron chi connectivity index (χ1n) is 9.40. The molecule has 3 heterocycles. The van der Waals surface area contributed by atoms with E-state index in [-0.39, 0.29) is 6.79 Å². The van der Waals surface area contributed by atoms with Gasteiger partial charge < -0.3 is 18.8 Å². The van der Waals surface area contributed by atoms with Crippen molar-refractivity contribution >= 4 is 34.7 Å². The summed E-state index contributed by atoms with van der Waals surface area (Å²) >= 11 is 9.32. The summed E-state index contributed by atoms with van der Waals surface area (Å²) in [6.07, 6.45) is 0. The van der Waals surface area contributed by atoms with Crippen LogP contribution in [0.4, 0.5) is 0 Å². The predicted octanol–water partition coefficient (Wildman–Crippen LogP) is 5.19. The van der Waals surface area contributed by atoms with Gasteiger partial charge in [0.25, 0.3) is 0 Å². The van der Waals surface area contributed by atoms with Crippen LogP contribution in [0.25, 0.3) is 10.6 Å². The van der Waals surface area contributed by atoms with Gasteiger partial charge >= 0.3 is 0 Å². The second-order valence-corrected chi connectivity index (χ2v) is 8.89. The van der Waals surface area contributed by atoms with Gasteiger partial charge in [0.05, 0.1) is 10.7 Å². The monoisotopic (exact) mass is 472 g/mol. The number of benzene rings is 2. The van der Waals surface area contributed by atoms with E-state index in [0.717, 1.165) is 38.7 Å². The van der Waals surface area contributed by atoms with E-state index in [4.69, 9.17) is 30.8 Å². The summed E-state index contributed by atoms with van der Waals surface area (Å²) in [4.78, 5) is 4.75. The fraction of sp³-hybridized carbons (Fsp3) is 0.190. The molecule has 1 aliphatic heterocycles. The van der Waals surface area contributed by atoms with E-state index in [0.29, 0.717) is 23.1 Å². The van der Waals surface area contributed by atoms with Crippen molar-refractivity contribution in [3.63, 3.8) is 0 Å². The van der Waals surface area contributed by atoms with Crippen molar-refractivity contribution in [2.24, 2.45) is 7.05 Å². The molecule has 0 amide bonds. The maximum atomic E-state index is 6.14. The lowest BCUT2D eigenvalue weighted by Gasteiger charge is -2.07. The maximum Gasteiger partial charge on any atom is 0.231 e. The van der Waals surface area contributed by atoms with E-state index in [9.17, 15) is 0 Å². The fourth-order valence-corrected chi connectivity index (χ4v) is 4.91. The predicted molar refractivity (Wildman–Crippen MR) is 120 cm³/mol. The van der Waals surface area contributed by atoms with Crippen LogP contribution in [0, 0.1) is 0 Å². The summed E-state index contributed by atoms with van der Waals surface area (Å²) in [5.41, 5.74) is 2.00. The number of hydrogen-bond acceptors (Lipinski definition) is 8. The Morgan fingerprint density at radius 1 is 1.16 bits per heavy atom. The van der Waals surface area contributed by atoms with E-state index >= 15 is 0 Å². The molecule has 0 radical (unpaired) electrons. The van der Waals surface area contributed by atoms with Crippen molar-refractivity contribution in [2.75, 3.05) is 6.79 Å². The molecule has 0 saturated heterocycles. The number of halogens is 1. The minimum Gasteiger partial charge on any atom is -0.484 e. The molecule has 0 bridgehead atoms. The van der Waals surface area contributed by atoms with Crippen LogP contribution < -0.4 is 14.2 Å². The highest BCUT2D eigenvalue weighted by atomic mass is 35.5. The molecule has 10 heteroatoms. The second kappa shape index (κ2) is 8.78. The Bertz CT molecular complexity index is 1230. The van der Waals surface area contributed by atoms with Crippen molar-refractivity contribution < 1.29 is 14.2 Å². The Kier molecular flexibility index (Phi) is 5.71. The van der Waals surface area contributed by atoms with Crippen LogP contribution in [-0.4, -0.2) is 26.5 Å². The van der Waals surface area contributed by atoms with Crippen LogP contribution in [-0.2, 0) is 19.4 Å². The third-order valence-corrected chi connectivity index (χ3v) is 6.95. The molecule has 0 spiro atoms. The molecule has 2 aromatic carbocycles. The summed E-state index contributed by atoms with van der Waals surface area (Å²) in [6, 6.07) is 13.2. The van der Waals surface area contributed by atoms with E-state index in [2.05, 4.69) is 15.6 Å². The van der Waals surface area contributed by atoms with Crippen LogP contribution in [0.3, 0.4) is 0 Å². The van der Waals surface area contributed by atoms with Gasteiger partial charge in [-0.15, -0.1) is 21.5 Å². The highest BCUT2D eigenvalue weighted by molar-refractivity contribution is 7.98. The molecule has 0 fully saturated rings. The highest BCUT2D eigenvalue weighted by Gasteiger charge is 2.16. The summed E-state index contributed by atoms with van der Waals surface area (Å²) < 4.78 is 18.5. The van der Waals surface area contributed by atoms with Gasteiger partial charge in [0.15, 0.2) is 22.5 Å². The molecular weight excluding hydrogens is 456 g/mol. The van der Waals surface area contributed by atoms with Crippen LogP contribution in [0.5, 0.6) is 17.2 Å². The van der Waals surface area contributed by atoms with Gasteiger partial charge in [-0.1, -0.05) is 35.5 Å². The fourth-order valence-electron chi connectivity index (χ4n) is 2.97. The Labute approximate surface area is 192 Å². The van der Waals surface area contributed by atoms with Gasteiger partial charge in [0, 0.05) is 23.7 Å². The number of nitrogens with zero attached hydrogens (tertiary/aromatic N) is 4. The first-order valence-corrected chi connectivity index (χ1v) is 11.6. The van der Waals surface area contributed by atoms with Gasteiger partial charge in [-0.3, -0.25) is 0 Å². The van der Waals surface area contributed by atoms with E-state index in [1.165, 1.54) is 0 Å². The first kappa shape index (κ1) is 20.2. The minimum atomic E-state index is 0.266. The Morgan fingerprint density at radius 2 is 2.03 bits per heavy atom. The lowest BCUT2D eigenvalue weighted by atomic mass is 10.2. The molecule has 7 nitrogen and oxygen atoms in total. The number of hydrogen-bond donors (Lipinski definition) is 0. The average molecular weight is 473 g/mol.